The van der Waals surface area contributed by atoms with Crippen molar-refractivity contribution in [2.45, 2.75) is 91.9 Å². The molecule has 0 aromatic rings. The van der Waals surface area contributed by atoms with Gasteiger partial charge in [-0.2, -0.15) is 0 Å². The highest BCUT2D eigenvalue weighted by Crippen LogP contribution is 2.28. The Morgan fingerprint density at radius 3 is 1.69 bits per heavy atom. The van der Waals surface area contributed by atoms with Crippen LogP contribution in [-0.2, 0) is 0 Å². The molecule has 0 radical (unpaired) electrons. The predicted octanol–water partition coefficient (Wildman–Crippen LogP) is 6.20. The van der Waals surface area contributed by atoms with Crippen LogP contribution in [0.5, 0.6) is 0 Å². The number of unbranched alkanes of at least 4 members (excludes halogenated alkanes) is 4. The molecule has 0 aromatic carbocycles. The van der Waals surface area contributed by atoms with Crippen LogP contribution in [0.25, 0.3) is 0 Å². The van der Waals surface area contributed by atoms with Gasteiger partial charge in [0, 0.05) is 0 Å². The van der Waals surface area contributed by atoms with Crippen molar-refractivity contribution in [3.63, 3.8) is 0 Å². The van der Waals surface area contributed by atoms with Gasteiger partial charge in [0.15, 0.2) is 0 Å². The van der Waals surface area contributed by atoms with E-state index >= 15 is 0 Å². The van der Waals surface area contributed by atoms with Crippen molar-refractivity contribution >= 4 is 0 Å². The highest BCUT2D eigenvalue weighted by atomic mass is 14.2. The zero-order chi connectivity index (χ0) is 12.2. The molecule has 0 heteroatoms. The molecule has 0 fully saturated rings. The number of hydrogen-bond donors (Lipinski definition) is 0. The van der Waals surface area contributed by atoms with Crippen molar-refractivity contribution in [2.75, 3.05) is 0 Å². The molecule has 0 saturated heterocycles. The third-order valence-electron chi connectivity index (χ3n) is 3.92. The summed E-state index contributed by atoms with van der Waals surface area (Å²) in [5.41, 5.74) is 0. The molecule has 16 heavy (non-hydrogen) atoms. The van der Waals surface area contributed by atoms with E-state index in [0.29, 0.717) is 0 Å². The van der Waals surface area contributed by atoms with Crippen molar-refractivity contribution in [3.05, 3.63) is 0 Å². The summed E-state index contributed by atoms with van der Waals surface area (Å²) in [7, 11) is 0. The van der Waals surface area contributed by atoms with Crippen LogP contribution in [0.1, 0.15) is 91.9 Å². The van der Waals surface area contributed by atoms with Crippen LogP contribution in [-0.4, -0.2) is 0 Å². The average molecular weight is 226 g/mol. The minimum Gasteiger partial charge on any atom is -0.0654 e. The van der Waals surface area contributed by atoms with Gasteiger partial charge in [-0.25, -0.2) is 0 Å². The molecule has 0 nitrogen and oxygen atoms in total. The van der Waals surface area contributed by atoms with Crippen molar-refractivity contribution < 1.29 is 0 Å². The lowest BCUT2D eigenvalue weighted by molar-refractivity contribution is 0.279. The fraction of sp³-hybridized carbons (Fsp3) is 1.00. The quantitative estimate of drug-likeness (QED) is 0.368. The van der Waals surface area contributed by atoms with Gasteiger partial charge < -0.3 is 0 Å². The Morgan fingerprint density at radius 1 is 0.625 bits per heavy atom. The highest BCUT2D eigenvalue weighted by Gasteiger charge is 2.15. The summed E-state index contributed by atoms with van der Waals surface area (Å²) in [5.74, 6) is 1.97. The summed E-state index contributed by atoms with van der Waals surface area (Å²) < 4.78 is 0. The van der Waals surface area contributed by atoms with Gasteiger partial charge in [0.25, 0.3) is 0 Å². The summed E-state index contributed by atoms with van der Waals surface area (Å²) in [5, 5.41) is 0. The molecule has 0 aliphatic heterocycles. The fourth-order valence-electron chi connectivity index (χ4n) is 2.60. The minimum atomic E-state index is 0.961. The Hall–Kier alpha value is 0. The Bertz CT molecular complexity index is 128. The van der Waals surface area contributed by atoms with Crippen LogP contribution in [0.15, 0.2) is 0 Å². The molecule has 0 amide bonds. The van der Waals surface area contributed by atoms with Gasteiger partial charge in [-0.3, -0.25) is 0 Å². The van der Waals surface area contributed by atoms with E-state index in [1.807, 2.05) is 0 Å². The summed E-state index contributed by atoms with van der Waals surface area (Å²) in [6.07, 6.45) is 14.3. The lowest BCUT2D eigenvalue weighted by Crippen LogP contribution is -2.12. The maximum absolute atomic E-state index is 2.49. The Balaban J connectivity index is 3.86. The zero-order valence-electron chi connectivity index (χ0n) is 12.2. The normalized spacial score (nSPS) is 15.0. The molecule has 2 unspecified atom stereocenters. The Labute approximate surface area is 104 Å². The summed E-state index contributed by atoms with van der Waals surface area (Å²) >= 11 is 0. The molecular formula is C16H34. The van der Waals surface area contributed by atoms with Crippen LogP contribution in [0.4, 0.5) is 0 Å². The maximum Gasteiger partial charge on any atom is -0.0388 e. The molecule has 0 saturated carbocycles. The van der Waals surface area contributed by atoms with Gasteiger partial charge in [0.05, 0.1) is 0 Å². The molecule has 0 rings (SSSR count). The van der Waals surface area contributed by atoms with E-state index in [-0.39, 0.29) is 0 Å². The first-order chi connectivity index (χ1) is 7.76. The molecule has 0 spiro atoms. The van der Waals surface area contributed by atoms with E-state index in [0.717, 1.165) is 11.8 Å². The Morgan fingerprint density at radius 2 is 1.12 bits per heavy atom. The summed E-state index contributed by atoms with van der Waals surface area (Å²) in [4.78, 5) is 0. The molecule has 98 valence electrons. The van der Waals surface area contributed by atoms with Gasteiger partial charge in [-0.15, -0.1) is 0 Å². The lowest BCUT2D eigenvalue weighted by atomic mass is 9.82. The van der Waals surface area contributed by atoms with Gasteiger partial charge in [-0.05, 0) is 11.8 Å². The molecule has 0 aliphatic carbocycles. The number of hydrogen-bond acceptors (Lipinski definition) is 0. The second-order valence-corrected chi connectivity index (χ2v) is 5.52. The molecule has 2 atom stereocenters. The van der Waals surface area contributed by atoms with Gasteiger partial charge in [0.1, 0.15) is 0 Å². The van der Waals surface area contributed by atoms with Crippen LogP contribution in [0, 0.1) is 11.8 Å². The van der Waals surface area contributed by atoms with Crippen molar-refractivity contribution in [1.82, 2.24) is 0 Å². The largest absolute Gasteiger partial charge is 0.0654 e. The second kappa shape index (κ2) is 11.5. The molecule has 0 aliphatic rings. The van der Waals surface area contributed by atoms with Crippen molar-refractivity contribution in [1.29, 1.82) is 0 Å². The van der Waals surface area contributed by atoms with Crippen LogP contribution >= 0.6 is 0 Å². The molecule has 0 aromatic heterocycles. The number of rotatable bonds is 11. The first kappa shape index (κ1) is 16.0. The standard InChI is InChI=1S/C16H34/c1-5-8-11-14-16(13-10-7-3)15(4)12-9-6-2/h15-16H,5-14H2,1-4H3. The maximum atomic E-state index is 2.49. The van der Waals surface area contributed by atoms with Crippen molar-refractivity contribution in [3.8, 4) is 0 Å². The molecule has 0 heterocycles. The topological polar surface area (TPSA) is 0 Å². The van der Waals surface area contributed by atoms with Crippen LogP contribution in [0.2, 0.25) is 0 Å². The predicted molar refractivity (Wildman–Crippen MR) is 75.8 cm³/mol. The van der Waals surface area contributed by atoms with Crippen molar-refractivity contribution in [2.24, 2.45) is 11.8 Å². The molecule has 0 bridgehead atoms. The molecular weight excluding hydrogens is 192 g/mol. The average Bonchev–Trinajstić information content (AvgIpc) is 2.30. The first-order valence-corrected chi connectivity index (χ1v) is 7.76. The van der Waals surface area contributed by atoms with E-state index < -0.39 is 0 Å². The van der Waals surface area contributed by atoms with Crippen LogP contribution in [0.3, 0.4) is 0 Å². The summed E-state index contributed by atoms with van der Waals surface area (Å²) in [6.45, 7) is 9.42. The third kappa shape index (κ3) is 8.19. The SMILES string of the molecule is CCCCCC(CCCC)C(C)CCCC. The second-order valence-electron chi connectivity index (χ2n) is 5.52. The van der Waals surface area contributed by atoms with Gasteiger partial charge >= 0.3 is 0 Å². The zero-order valence-corrected chi connectivity index (χ0v) is 12.2. The molecule has 0 N–H and O–H groups in total. The smallest absolute Gasteiger partial charge is 0.0388 e. The van der Waals surface area contributed by atoms with E-state index in [1.54, 1.807) is 0 Å². The van der Waals surface area contributed by atoms with E-state index in [1.165, 1.54) is 64.2 Å². The fourth-order valence-corrected chi connectivity index (χ4v) is 2.60. The van der Waals surface area contributed by atoms with E-state index in [9.17, 15) is 0 Å². The first-order valence-electron chi connectivity index (χ1n) is 7.76. The van der Waals surface area contributed by atoms with E-state index in [4.69, 9.17) is 0 Å². The summed E-state index contributed by atoms with van der Waals surface area (Å²) in [6, 6.07) is 0. The third-order valence-corrected chi connectivity index (χ3v) is 3.92. The van der Waals surface area contributed by atoms with Gasteiger partial charge in [-0.1, -0.05) is 91.9 Å². The monoisotopic (exact) mass is 226 g/mol. The van der Waals surface area contributed by atoms with Crippen LogP contribution < -0.4 is 0 Å². The lowest BCUT2D eigenvalue weighted by Gasteiger charge is -2.24. The van der Waals surface area contributed by atoms with Gasteiger partial charge in [0.2, 0.25) is 0 Å². The minimum absolute atomic E-state index is 0.961. The van der Waals surface area contributed by atoms with E-state index in [2.05, 4.69) is 27.7 Å². The Kier molecular flexibility index (Phi) is 11.5. The highest BCUT2D eigenvalue weighted by molar-refractivity contribution is 4.67.